The third kappa shape index (κ3) is 11.0. The Morgan fingerprint density at radius 3 is 2.07 bits per heavy atom. The van der Waals surface area contributed by atoms with E-state index in [9.17, 15) is 0 Å². The fourth-order valence-electron chi connectivity index (χ4n) is 7.46. The topological polar surface area (TPSA) is 49.2 Å². The zero-order chi connectivity index (χ0) is 32.9. The Morgan fingerprint density at radius 1 is 0.756 bits per heavy atom. The van der Waals surface area contributed by atoms with Crippen LogP contribution in [-0.4, -0.2) is 130 Å². The van der Waals surface area contributed by atoms with E-state index in [1.165, 1.54) is 38.2 Å². The van der Waals surface area contributed by atoms with Crippen molar-refractivity contribution in [3.63, 3.8) is 0 Å². The number of likely N-dealkylation sites (tertiary alicyclic amines) is 1. The molecule has 0 radical (unpaired) electrons. The zero-order valence-corrected chi connectivity index (χ0v) is 31.1. The molecule has 1 aromatic rings. The summed E-state index contributed by atoms with van der Waals surface area (Å²) >= 11 is 0. The van der Waals surface area contributed by atoms with Gasteiger partial charge in [-0.15, -0.1) is 0 Å². The summed E-state index contributed by atoms with van der Waals surface area (Å²) in [6.45, 7) is 37.2. The minimum atomic E-state index is -0.0501. The Labute approximate surface area is 277 Å². The number of piperazine rings is 1. The van der Waals surface area contributed by atoms with Gasteiger partial charge in [-0.05, 0) is 111 Å². The van der Waals surface area contributed by atoms with Gasteiger partial charge in [-0.3, -0.25) is 19.4 Å². The van der Waals surface area contributed by atoms with Gasteiger partial charge in [0.05, 0.1) is 24.0 Å². The molecule has 3 fully saturated rings. The van der Waals surface area contributed by atoms with E-state index in [1.54, 1.807) is 0 Å². The van der Waals surface area contributed by atoms with E-state index < -0.39 is 0 Å². The molecule has 3 aliphatic heterocycles. The lowest BCUT2D eigenvalue weighted by Gasteiger charge is -2.51. The molecule has 0 unspecified atom stereocenters. The van der Waals surface area contributed by atoms with Gasteiger partial charge in [0.25, 0.3) is 0 Å². The van der Waals surface area contributed by atoms with Gasteiger partial charge in [0.2, 0.25) is 0 Å². The second kappa shape index (κ2) is 15.0. The second-order valence-electron chi connectivity index (χ2n) is 17.7. The summed E-state index contributed by atoms with van der Waals surface area (Å²) in [5.74, 6) is 0. The van der Waals surface area contributed by atoms with Crippen LogP contribution in [0, 0.1) is 0 Å². The summed E-state index contributed by atoms with van der Waals surface area (Å²) in [4.78, 5) is 10.6. The van der Waals surface area contributed by atoms with Crippen LogP contribution in [0.2, 0.25) is 0 Å². The first-order valence-corrected chi connectivity index (χ1v) is 18.2. The summed E-state index contributed by atoms with van der Waals surface area (Å²) < 4.78 is 14.6. The number of aromatic nitrogens is 2. The average molecular weight is 631 g/mol. The van der Waals surface area contributed by atoms with E-state index in [1.807, 2.05) is 0 Å². The molecule has 0 aromatic carbocycles. The largest absolute Gasteiger partial charge is 0.376 e. The maximum Gasteiger partial charge on any atom is 0.0833 e. The number of aryl methyl sites for hydroxylation is 1. The fraction of sp³-hybridized carbons (Fsp3) is 0.919. The predicted octanol–water partition coefficient (Wildman–Crippen LogP) is 5.90. The first-order valence-electron chi connectivity index (χ1n) is 18.2. The van der Waals surface area contributed by atoms with Gasteiger partial charge in [-0.25, -0.2) is 0 Å². The maximum atomic E-state index is 6.50. The van der Waals surface area contributed by atoms with Crippen molar-refractivity contribution in [2.75, 3.05) is 78.7 Å². The van der Waals surface area contributed by atoms with Crippen LogP contribution in [-0.2, 0) is 21.4 Å². The zero-order valence-electron chi connectivity index (χ0n) is 31.1. The van der Waals surface area contributed by atoms with Gasteiger partial charge < -0.3 is 14.4 Å². The molecule has 1 spiro atoms. The van der Waals surface area contributed by atoms with Gasteiger partial charge in [0, 0.05) is 89.3 Å². The molecule has 0 N–H and O–H groups in total. The Kier molecular flexibility index (Phi) is 12.3. The molecule has 8 heteroatoms. The molecule has 8 nitrogen and oxygen atoms in total. The second-order valence-corrected chi connectivity index (χ2v) is 17.7. The number of nitrogens with zero attached hydrogens (tertiary/aromatic N) is 6. The monoisotopic (exact) mass is 631 g/mol. The SMILES string of the molecule is CC(C)(C)OCCCN1CCOC2(CCN(C(C)(C)CCC(C)(C)c3cnn(CCCN4CCN(C(C)(C)C)CC4)c3)CC2)C1. The number of hydrogen-bond donors (Lipinski definition) is 0. The van der Waals surface area contributed by atoms with E-state index in [0.717, 1.165) is 91.1 Å². The molecule has 4 rings (SSSR count). The highest BCUT2D eigenvalue weighted by Gasteiger charge is 2.42. The quantitative estimate of drug-likeness (QED) is 0.252. The third-order valence-corrected chi connectivity index (χ3v) is 11.0. The van der Waals surface area contributed by atoms with Crippen molar-refractivity contribution in [2.24, 2.45) is 0 Å². The minimum absolute atomic E-state index is 0.0321. The molecule has 3 aliphatic rings. The van der Waals surface area contributed by atoms with Crippen LogP contribution in [0.3, 0.4) is 0 Å². The first-order chi connectivity index (χ1) is 21.0. The molecule has 0 bridgehead atoms. The highest BCUT2D eigenvalue weighted by molar-refractivity contribution is 5.17. The van der Waals surface area contributed by atoms with Crippen molar-refractivity contribution < 1.29 is 9.47 Å². The number of morpholine rings is 1. The van der Waals surface area contributed by atoms with Gasteiger partial charge in [-0.2, -0.15) is 5.10 Å². The van der Waals surface area contributed by atoms with E-state index in [4.69, 9.17) is 14.6 Å². The Balaban J connectivity index is 1.17. The van der Waals surface area contributed by atoms with Crippen molar-refractivity contribution in [2.45, 2.75) is 142 Å². The lowest BCUT2D eigenvalue weighted by atomic mass is 9.77. The molecular weight excluding hydrogens is 560 g/mol. The molecular formula is C37H70N6O2. The summed E-state index contributed by atoms with van der Waals surface area (Å²) in [6.07, 6.45) is 11.3. The van der Waals surface area contributed by atoms with Gasteiger partial charge >= 0.3 is 0 Å². The molecule has 0 saturated carbocycles. The lowest BCUT2D eigenvalue weighted by molar-refractivity contribution is -0.144. The van der Waals surface area contributed by atoms with Gasteiger partial charge in [0.15, 0.2) is 0 Å². The third-order valence-electron chi connectivity index (χ3n) is 11.0. The van der Waals surface area contributed by atoms with Crippen molar-refractivity contribution >= 4 is 0 Å². The van der Waals surface area contributed by atoms with Gasteiger partial charge in [0.1, 0.15) is 0 Å². The Bertz CT molecular complexity index is 1020. The molecule has 260 valence electrons. The van der Waals surface area contributed by atoms with E-state index in [-0.39, 0.29) is 27.7 Å². The maximum absolute atomic E-state index is 6.50. The Morgan fingerprint density at radius 2 is 1.42 bits per heavy atom. The Hall–Kier alpha value is -1.03. The number of hydrogen-bond acceptors (Lipinski definition) is 7. The van der Waals surface area contributed by atoms with Crippen molar-refractivity contribution in [1.29, 1.82) is 0 Å². The summed E-state index contributed by atoms with van der Waals surface area (Å²) in [6, 6.07) is 0. The van der Waals surface area contributed by atoms with Crippen LogP contribution in [0.25, 0.3) is 0 Å². The molecule has 3 saturated heterocycles. The number of rotatable bonds is 13. The highest BCUT2D eigenvalue weighted by atomic mass is 16.5. The molecule has 4 heterocycles. The molecule has 1 aromatic heterocycles. The molecule has 45 heavy (non-hydrogen) atoms. The average Bonchev–Trinajstić information content (AvgIpc) is 3.44. The van der Waals surface area contributed by atoms with E-state index in [0.29, 0.717) is 0 Å². The van der Waals surface area contributed by atoms with Crippen molar-refractivity contribution in [3.8, 4) is 0 Å². The van der Waals surface area contributed by atoms with Crippen LogP contribution in [0.1, 0.15) is 113 Å². The summed E-state index contributed by atoms with van der Waals surface area (Å²) in [5.41, 5.74) is 1.92. The summed E-state index contributed by atoms with van der Waals surface area (Å²) in [7, 11) is 0. The van der Waals surface area contributed by atoms with Crippen LogP contribution in [0.4, 0.5) is 0 Å². The smallest absolute Gasteiger partial charge is 0.0833 e. The van der Waals surface area contributed by atoms with Crippen LogP contribution in [0.5, 0.6) is 0 Å². The highest BCUT2D eigenvalue weighted by Crippen LogP contribution is 2.37. The van der Waals surface area contributed by atoms with Crippen LogP contribution < -0.4 is 0 Å². The molecule has 0 amide bonds. The predicted molar refractivity (Wildman–Crippen MR) is 187 cm³/mol. The van der Waals surface area contributed by atoms with Crippen LogP contribution >= 0.6 is 0 Å². The summed E-state index contributed by atoms with van der Waals surface area (Å²) in [5, 5.41) is 4.79. The van der Waals surface area contributed by atoms with E-state index >= 15 is 0 Å². The fourth-order valence-corrected chi connectivity index (χ4v) is 7.46. The number of piperidine rings is 1. The standard InChI is InChI=1S/C37H70N6O2/c1-33(2,3)41-24-22-39(23-25-41)17-11-19-43-30-32(29-38-43)35(7,8)13-14-36(9,10)42-20-15-37(16-21-42)31-40(26-28-45-37)18-12-27-44-34(4,5)6/h29-30H,11-28,31H2,1-10H3. The first kappa shape index (κ1) is 36.8. The lowest BCUT2D eigenvalue weighted by Crippen LogP contribution is -2.59. The van der Waals surface area contributed by atoms with Crippen LogP contribution in [0.15, 0.2) is 12.4 Å². The van der Waals surface area contributed by atoms with Gasteiger partial charge in [-0.1, -0.05) is 13.8 Å². The van der Waals surface area contributed by atoms with E-state index in [2.05, 4.69) is 106 Å². The molecule has 0 aliphatic carbocycles. The van der Waals surface area contributed by atoms with Crippen molar-refractivity contribution in [3.05, 3.63) is 18.0 Å². The normalized spacial score (nSPS) is 22.0. The number of ether oxygens (including phenoxy) is 2. The minimum Gasteiger partial charge on any atom is -0.376 e. The molecule has 0 atom stereocenters. The van der Waals surface area contributed by atoms with Crippen molar-refractivity contribution in [1.82, 2.24) is 29.4 Å².